The van der Waals surface area contributed by atoms with Crippen LogP contribution in [0, 0.1) is 0 Å². The maximum absolute atomic E-state index is 5.55. The van der Waals surface area contributed by atoms with E-state index in [4.69, 9.17) is 10.5 Å². The highest BCUT2D eigenvalue weighted by Crippen LogP contribution is 2.20. The van der Waals surface area contributed by atoms with Crippen LogP contribution < -0.4 is 10.5 Å². The normalized spacial score (nSPS) is 10.7. The van der Waals surface area contributed by atoms with E-state index in [1.807, 2.05) is 12.1 Å². The fraction of sp³-hybridized carbons (Fsp3) is 0.0833. The summed E-state index contributed by atoms with van der Waals surface area (Å²) in [6.45, 7) is 0. The van der Waals surface area contributed by atoms with Crippen LogP contribution in [0.4, 0.5) is 5.82 Å². The first-order valence-corrected chi connectivity index (χ1v) is 5.39. The van der Waals surface area contributed by atoms with E-state index in [2.05, 4.69) is 19.9 Å². The topological polar surface area (TPSA) is 89.7 Å². The Hall–Kier alpha value is -2.63. The Morgan fingerprint density at radius 3 is 2.78 bits per heavy atom. The SMILES string of the molecule is COc1ccc2[nH]c(-c3ccc(N)nc3)nc2n1. The van der Waals surface area contributed by atoms with Gasteiger partial charge in [-0.3, -0.25) is 0 Å². The lowest BCUT2D eigenvalue weighted by Crippen LogP contribution is -1.89. The summed E-state index contributed by atoms with van der Waals surface area (Å²) < 4.78 is 5.06. The van der Waals surface area contributed by atoms with Crippen LogP contribution >= 0.6 is 0 Å². The minimum absolute atomic E-state index is 0.481. The predicted octanol–water partition coefficient (Wildman–Crippen LogP) is 1.61. The van der Waals surface area contributed by atoms with E-state index in [1.165, 1.54) is 0 Å². The third kappa shape index (κ3) is 1.73. The van der Waals surface area contributed by atoms with Crippen LogP contribution in [0.25, 0.3) is 22.6 Å². The molecule has 0 spiro atoms. The van der Waals surface area contributed by atoms with Crippen LogP contribution in [0.5, 0.6) is 5.88 Å². The number of rotatable bonds is 2. The fourth-order valence-electron chi connectivity index (χ4n) is 1.67. The lowest BCUT2D eigenvalue weighted by atomic mass is 10.3. The van der Waals surface area contributed by atoms with Gasteiger partial charge in [-0.2, -0.15) is 4.98 Å². The molecule has 0 fully saturated rings. The number of aromatic nitrogens is 4. The summed E-state index contributed by atoms with van der Waals surface area (Å²) in [7, 11) is 1.58. The second kappa shape index (κ2) is 3.99. The van der Waals surface area contributed by atoms with Gasteiger partial charge in [-0.25, -0.2) is 9.97 Å². The van der Waals surface area contributed by atoms with Crippen LogP contribution in [-0.2, 0) is 0 Å². The number of anilines is 1. The number of nitrogens with two attached hydrogens (primary N) is 1. The Morgan fingerprint density at radius 2 is 2.06 bits per heavy atom. The molecular weight excluding hydrogens is 230 g/mol. The quantitative estimate of drug-likeness (QED) is 0.711. The molecular formula is C12H11N5O. The summed E-state index contributed by atoms with van der Waals surface area (Å²) in [4.78, 5) is 15.8. The molecule has 3 rings (SSSR count). The van der Waals surface area contributed by atoms with Crippen LogP contribution in [0.1, 0.15) is 0 Å². The molecule has 0 aliphatic rings. The highest BCUT2D eigenvalue weighted by atomic mass is 16.5. The molecule has 0 amide bonds. The van der Waals surface area contributed by atoms with Gasteiger partial charge in [0.1, 0.15) is 11.6 Å². The third-order valence-corrected chi connectivity index (χ3v) is 2.59. The Labute approximate surface area is 103 Å². The molecule has 3 N–H and O–H groups in total. The van der Waals surface area contributed by atoms with Crippen LogP contribution in [0.3, 0.4) is 0 Å². The second-order valence-corrected chi connectivity index (χ2v) is 3.78. The molecule has 6 heteroatoms. The van der Waals surface area contributed by atoms with Crippen LogP contribution in [0.15, 0.2) is 30.5 Å². The Morgan fingerprint density at radius 1 is 1.17 bits per heavy atom. The van der Waals surface area contributed by atoms with Crippen molar-refractivity contribution in [3.8, 4) is 17.3 Å². The number of imidazole rings is 1. The Kier molecular flexibility index (Phi) is 2.33. The highest BCUT2D eigenvalue weighted by Gasteiger charge is 2.07. The lowest BCUT2D eigenvalue weighted by Gasteiger charge is -1.95. The molecule has 3 heterocycles. The average molecular weight is 241 g/mol. The van der Waals surface area contributed by atoms with E-state index < -0.39 is 0 Å². The van der Waals surface area contributed by atoms with Gasteiger partial charge in [-0.15, -0.1) is 0 Å². The van der Waals surface area contributed by atoms with Crippen molar-refractivity contribution in [1.82, 2.24) is 19.9 Å². The van der Waals surface area contributed by atoms with Gasteiger partial charge in [0, 0.05) is 17.8 Å². The van der Waals surface area contributed by atoms with Crippen LogP contribution in [-0.4, -0.2) is 27.0 Å². The minimum Gasteiger partial charge on any atom is -0.481 e. The summed E-state index contributed by atoms with van der Waals surface area (Å²) in [6.07, 6.45) is 1.67. The van der Waals surface area contributed by atoms with Crippen molar-refractivity contribution in [2.24, 2.45) is 0 Å². The van der Waals surface area contributed by atoms with Crippen molar-refractivity contribution in [2.45, 2.75) is 0 Å². The fourth-order valence-corrected chi connectivity index (χ4v) is 1.67. The van der Waals surface area contributed by atoms with E-state index in [9.17, 15) is 0 Å². The first-order chi connectivity index (χ1) is 8.76. The molecule has 0 aliphatic carbocycles. The smallest absolute Gasteiger partial charge is 0.215 e. The number of ether oxygens (including phenoxy) is 1. The number of methoxy groups -OCH3 is 1. The number of pyridine rings is 2. The van der Waals surface area contributed by atoms with Gasteiger partial charge in [-0.05, 0) is 18.2 Å². The molecule has 0 aliphatic heterocycles. The van der Waals surface area contributed by atoms with E-state index in [0.29, 0.717) is 23.2 Å². The average Bonchev–Trinajstić information content (AvgIpc) is 2.82. The molecule has 3 aromatic heterocycles. The number of H-pyrrole nitrogens is 1. The monoisotopic (exact) mass is 241 g/mol. The molecule has 6 nitrogen and oxygen atoms in total. The van der Waals surface area contributed by atoms with Gasteiger partial charge in [0.15, 0.2) is 5.65 Å². The van der Waals surface area contributed by atoms with Gasteiger partial charge in [0.2, 0.25) is 5.88 Å². The number of fused-ring (bicyclic) bond motifs is 1. The number of aromatic amines is 1. The van der Waals surface area contributed by atoms with Gasteiger partial charge < -0.3 is 15.5 Å². The largest absolute Gasteiger partial charge is 0.481 e. The molecule has 0 bridgehead atoms. The summed E-state index contributed by atoms with van der Waals surface area (Å²) in [5, 5.41) is 0. The molecule has 0 saturated heterocycles. The zero-order chi connectivity index (χ0) is 12.5. The summed E-state index contributed by atoms with van der Waals surface area (Å²) in [5.74, 6) is 1.73. The molecule has 0 radical (unpaired) electrons. The molecule has 0 aromatic carbocycles. The Bertz CT molecular complexity index is 689. The maximum Gasteiger partial charge on any atom is 0.215 e. The molecule has 90 valence electrons. The van der Waals surface area contributed by atoms with Crippen molar-refractivity contribution in [2.75, 3.05) is 12.8 Å². The number of nitrogens with one attached hydrogen (secondary N) is 1. The van der Waals surface area contributed by atoms with E-state index in [-0.39, 0.29) is 0 Å². The maximum atomic E-state index is 5.55. The number of hydrogen-bond acceptors (Lipinski definition) is 5. The molecule has 0 atom stereocenters. The lowest BCUT2D eigenvalue weighted by molar-refractivity contribution is 0.399. The van der Waals surface area contributed by atoms with Crippen molar-refractivity contribution in [3.63, 3.8) is 0 Å². The first-order valence-electron chi connectivity index (χ1n) is 5.39. The highest BCUT2D eigenvalue weighted by molar-refractivity contribution is 5.76. The zero-order valence-corrected chi connectivity index (χ0v) is 9.71. The van der Waals surface area contributed by atoms with Gasteiger partial charge in [0.25, 0.3) is 0 Å². The van der Waals surface area contributed by atoms with Crippen molar-refractivity contribution >= 4 is 17.0 Å². The van der Waals surface area contributed by atoms with Gasteiger partial charge in [0.05, 0.1) is 12.6 Å². The molecule has 0 unspecified atom stereocenters. The van der Waals surface area contributed by atoms with Crippen molar-refractivity contribution in [3.05, 3.63) is 30.5 Å². The number of nitrogen functional groups attached to an aromatic ring is 1. The first kappa shape index (κ1) is 10.5. The standard InChI is InChI=1S/C12H11N5O/c1-18-10-5-3-8-12(16-10)17-11(15-8)7-2-4-9(13)14-6-7/h2-6H,1H3,(H2,13,14)(H,15,16,17). The van der Waals surface area contributed by atoms with Crippen molar-refractivity contribution in [1.29, 1.82) is 0 Å². The zero-order valence-electron chi connectivity index (χ0n) is 9.71. The summed E-state index contributed by atoms with van der Waals surface area (Å²) >= 11 is 0. The molecule has 3 aromatic rings. The second-order valence-electron chi connectivity index (χ2n) is 3.78. The van der Waals surface area contributed by atoms with Gasteiger partial charge >= 0.3 is 0 Å². The van der Waals surface area contributed by atoms with E-state index in [1.54, 1.807) is 25.4 Å². The summed E-state index contributed by atoms with van der Waals surface area (Å²) in [6, 6.07) is 7.25. The Balaban J connectivity index is 2.10. The number of hydrogen-bond donors (Lipinski definition) is 2. The number of nitrogens with zero attached hydrogens (tertiary/aromatic N) is 3. The van der Waals surface area contributed by atoms with Gasteiger partial charge in [-0.1, -0.05) is 0 Å². The van der Waals surface area contributed by atoms with Crippen molar-refractivity contribution < 1.29 is 4.74 Å². The molecule has 18 heavy (non-hydrogen) atoms. The predicted molar refractivity (Wildman–Crippen MR) is 68.1 cm³/mol. The van der Waals surface area contributed by atoms with E-state index >= 15 is 0 Å². The summed E-state index contributed by atoms with van der Waals surface area (Å²) in [5.41, 5.74) is 7.87. The molecule has 0 saturated carbocycles. The third-order valence-electron chi connectivity index (χ3n) is 2.59. The van der Waals surface area contributed by atoms with Crippen LogP contribution in [0.2, 0.25) is 0 Å². The van der Waals surface area contributed by atoms with E-state index in [0.717, 1.165) is 11.1 Å². The minimum atomic E-state index is 0.481.